The molecule has 1 N–H and O–H groups in total. The highest BCUT2D eigenvalue weighted by Crippen LogP contribution is 2.39. The monoisotopic (exact) mass is 680 g/mol. The molecule has 0 aliphatic carbocycles. The van der Waals surface area contributed by atoms with E-state index in [1.807, 2.05) is 58.0 Å². The van der Waals surface area contributed by atoms with Gasteiger partial charge >= 0.3 is 5.97 Å². The number of carboxylic acid groups (broad SMARTS) is 1. The average Bonchev–Trinajstić information content (AvgIpc) is 3.50. The lowest BCUT2D eigenvalue weighted by atomic mass is 9.92. The minimum atomic E-state index is -1.24. The number of anilines is 1. The van der Waals surface area contributed by atoms with Gasteiger partial charge in [0.15, 0.2) is 11.8 Å². The summed E-state index contributed by atoms with van der Waals surface area (Å²) in [6.45, 7) is 25.3. The van der Waals surface area contributed by atoms with Crippen LogP contribution in [0.4, 0.5) is 5.82 Å². The normalized spacial score (nSPS) is 16.5. The molecule has 1 aliphatic rings. The highest BCUT2D eigenvalue weighted by molar-refractivity contribution is 5.80. The van der Waals surface area contributed by atoms with E-state index in [-0.39, 0.29) is 17.6 Å². The van der Waals surface area contributed by atoms with Gasteiger partial charge in [0.1, 0.15) is 17.7 Å². The largest absolute Gasteiger partial charge is 0.489 e. The van der Waals surface area contributed by atoms with Gasteiger partial charge in [-0.15, -0.1) is 13.2 Å². The van der Waals surface area contributed by atoms with Crippen LogP contribution in [-0.4, -0.2) is 62.7 Å². The first-order valence-electron chi connectivity index (χ1n) is 17.4. The molecule has 9 nitrogen and oxygen atoms in total. The smallest absolute Gasteiger partial charge is 0.337 e. The Morgan fingerprint density at radius 2 is 1.76 bits per heavy atom. The lowest BCUT2D eigenvalue weighted by molar-refractivity contribution is -0.160. The Bertz CT molecular complexity index is 1860. The van der Waals surface area contributed by atoms with Gasteiger partial charge in [-0.3, -0.25) is 0 Å². The molecule has 3 atom stereocenters. The molecule has 1 aliphatic heterocycles. The molecular formula is C41H52N4O5. The maximum atomic E-state index is 12.8. The fraction of sp³-hybridized carbons (Fsp3) is 0.439. The highest BCUT2D eigenvalue weighted by atomic mass is 16.5. The number of carboxylic acids is 1. The molecule has 4 aromatic rings. The van der Waals surface area contributed by atoms with E-state index in [0.29, 0.717) is 42.4 Å². The number of hydrogen-bond donors (Lipinski definition) is 1. The van der Waals surface area contributed by atoms with Gasteiger partial charge in [0, 0.05) is 41.9 Å². The Morgan fingerprint density at radius 3 is 2.40 bits per heavy atom. The van der Waals surface area contributed by atoms with Crippen LogP contribution in [0.2, 0.25) is 0 Å². The number of carbonyl (C=O) groups is 1. The Morgan fingerprint density at radius 1 is 1.06 bits per heavy atom. The zero-order valence-corrected chi connectivity index (χ0v) is 30.8. The molecule has 3 unspecified atom stereocenters. The van der Waals surface area contributed by atoms with E-state index in [0.717, 1.165) is 46.5 Å². The van der Waals surface area contributed by atoms with Crippen molar-refractivity contribution in [2.75, 3.05) is 24.6 Å². The number of aliphatic carboxylic acids is 1. The summed E-state index contributed by atoms with van der Waals surface area (Å²) >= 11 is 0. The van der Waals surface area contributed by atoms with E-state index >= 15 is 0 Å². The van der Waals surface area contributed by atoms with Crippen LogP contribution in [0.5, 0.6) is 5.75 Å². The van der Waals surface area contributed by atoms with Gasteiger partial charge in [-0.25, -0.2) is 9.78 Å². The standard InChI is InChI=1S/C41H52N4O5/c1-11-22-48-41(10)18-20-44(21-19-41)38-36(37(39(46)47)50-40(7,8)9)28(5)42-35-25-33(43-45(35)38)31-15-13-14-30(24-31)32-23-26(3)16-17-34(32)49-29(6)27(4)12-2/h11-17,23-25,27,29,37H,1-2,18-22H2,3-10H3,(H,46,47). The lowest BCUT2D eigenvalue weighted by Gasteiger charge is -2.41. The number of benzene rings is 2. The summed E-state index contributed by atoms with van der Waals surface area (Å²) < 4.78 is 20.6. The summed E-state index contributed by atoms with van der Waals surface area (Å²) in [4.78, 5) is 20.0. The number of piperidine rings is 1. The predicted octanol–water partition coefficient (Wildman–Crippen LogP) is 8.77. The first kappa shape index (κ1) is 36.8. The van der Waals surface area contributed by atoms with E-state index in [9.17, 15) is 9.90 Å². The van der Waals surface area contributed by atoms with Gasteiger partial charge in [-0.1, -0.05) is 48.9 Å². The van der Waals surface area contributed by atoms with Crippen LogP contribution in [-0.2, 0) is 14.3 Å². The molecule has 5 rings (SSSR count). The van der Waals surface area contributed by atoms with Crippen molar-refractivity contribution in [1.29, 1.82) is 0 Å². The quantitative estimate of drug-likeness (QED) is 0.140. The predicted molar refractivity (Wildman–Crippen MR) is 200 cm³/mol. The van der Waals surface area contributed by atoms with Crippen molar-refractivity contribution in [3.05, 3.63) is 90.7 Å². The third-order valence-electron chi connectivity index (χ3n) is 9.46. The number of aryl methyl sites for hydroxylation is 2. The summed E-state index contributed by atoms with van der Waals surface area (Å²) in [5, 5.41) is 15.6. The highest BCUT2D eigenvalue weighted by Gasteiger charge is 2.37. The van der Waals surface area contributed by atoms with Gasteiger partial charge in [-0.05, 0) is 85.1 Å². The average molecular weight is 681 g/mol. The van der Waals surface area contributed by atoms with Crippen molar-refractivity contribution >= 4 is 17.4 Å². The molecule has 0 amide bonds. The van der Waals surface area contributed by atoms with Crippen molar-refractivity contribution in [3.63, 3.8) is 0 Å². The fourth-order valence-corrected chi connectivity index (χ4v) is 6.37. The summed E-state index contributed by atoms with van der Waals surface area (Å²) in [5.74, 6) is 0.596. The second-order valence-corrected chi connectivity index (χ2v) is 14.7. The maximum Gasteiger partial charge on any atom is 0.337 e. The van der Waals surface area contributed by atoms with Crippen LogP contribution < -0.4 is 9.64 Å². The molecule has 2 aromatic carbocycles. The number of hydrogen-bond acceptors (Lipinski definition) is 7. The maximum absolute atomic E-state index is 12.8. The molecule has 0 spiro atoms. The van der Waals surface area contributed by atoms with E-state index < -0.39 is 17.7 Å². The second kappa shape index (κ2) is 14.8. The van der Waals surface area contributed by atoms with Gasteiger partial charge < -0.3 is 24.2 Å². The van der Waals surface area contributed by atoms with Crippen LogP contribution in [0.1, 0.15) is 77.3 Å². The van der Waals surface area contributed by atoms with Crippen LogP contribution in [0.3, 0.4) is 0 Å². The second-order valence-electron chi connectivity index (χ2n) is 14.7. The fourth-order valence-electron chi connectivity index (χ4n) is 6.37. The summed E-state index contributed by atoms with van der Waals surface area (Å²) in [5.41, 5.74) is 5.45. The van der Waals surface area contributed by atoms with Crippen molar-refractivity contribution in [1.82, 2.24) is 14.6 Å². The minimum absolute atomic E-state index is 0.0457. The SMILES string of the molecule is C=CCOC1(C)CCN(c2c(C(OC(C)(C)C)C(=O)O)c(C)nc3cc(-c4cccc(-c5cc(C)ccc5OC(C)C(C)C=C)c4)nn23)CC1. The number of fused-ring (bicyclic) bond motifs is 1. The summed E-state index contributed by atoms with van der Waals surface area (Å²) in [6, 6.07) is 16.4. The minimum Gasteiger partial charge on any atom is -0.489 e. The molecule has 3 heterocycles. The van der Waals surface area contributed by atoms with Crippen molar-refractivity contribution in [2.24, 2.45) is 5.92 Å². The van der Waals surface area contributed by atoms with E-state index in [1.165, 1.54) is 0 Å². The number of aromatic nitrogens is 3. The molecule has 50 heavy (non-hydrogen) atoms. The Balaban J connectivity index is 1.62. The van der Waals surface area contributed by atoms with Gasteiger partial charge in [0.25, 0.3) is 0 Å². The molecule has 1 saturated heterocycles. The van der Waals surface area contributed by atoms with Crippen LogP contribution in [0.25, 0.3) is 28.0 Å². The third-order valence-corrected chi connectivity index (χ3v) is 9.46. The molecule has 9 heteroatoms. The molecule has 0 bridgehead atoms. The Kier molecular flexibility index (Phi) is 10.9. The third kappa shape index (κ3) is 8.11. The molecule has 0 saturated carbocycles. The van der Waals surface area contributed by atoms with Crippen molar-refractivity contribution in [3.8, 4) is 28.1 Å². The van der Waals surface area contributed by atoms with Gasteiger partial charge in [0.2, 0.25) is 0 Å². The number of ether oxygens (including phenoxy) is 3. The zero-order chi connectivity index (χ0) is 36.4. The van der Waals surface area contributed by atoms with Gasteiger partial charge in [0.05, 0.1) is 29.1 Å². The van der Waals surface area contributed by atoms with Gasteiger partial charge in [-0.2, -0.15) is 9.61 Å². The molecule has 1 fully saturated rings. The van der Waals surface area contributed by atoms with Crippen molar-refractivity contribution in [2.45, 2.75) is 91.6 Å². The van der Waals surface area contributed by atoms with Crippen molar-refractivity contribution < 1.29 is 24.1 Å². The van der Waals surface area contributed by atoms with Crippen LogP contribution in [0, 0.1) is 19.8 Å². The molecule has 266 valence electrons. The first-order valence-corrected chi connectivity index (χ1v) is 17.4. The summed E-state index contributed by atoms with van der Waals surface area (Å²) in [6.07, 6.45) is 3.89. The number of rotatable bonds is 13. The Labute approximate surface area is 296 Å². The molecular weight excluding hydrogens is 628 g/mol. The van der Waals surface area contributed by atoms with E-state index in [1.54, 1.807) is 10.6 Å². The van der Waals surface area contributed by atoms with Crippen LogP contribution >= 0.6 is 0 Å². The summed E-state index contributed by atoms with van der Waals surface area (Å²) in [7, 11) is 0. The van der Waals surface area contributed by atoms with E-state index in [4.69, 9.17) is 24.3 Å². The molecule has 0 radical (unpaired) electrons. The van der Waals surface area contributed by atoms with Crippen LogP contribution in [0.15, 0.2) is 73.8 Å². The Hall–Kier alpha value is -4.47. The lowest BCUT2D eigenvalue weighted by Crippen LogP contribution is -2.45. The number of nitrogens with zero attached hydrogens (tertiary/aromatic N) is 4. The molecule has 2 aromatic heterocycles. The topological polar surface area (TPSA) is 98.4 Å². The first-order chi connectivity index (χ1) is 23.6. The van der Waals surface area contributed by atoms with E-state index in [2.05, 4.69) is 70.0 Å². The zero-order valence-electron chi connectivity index (χ0n) is 30.8.